The summed E-state index contributed by atoms with van der Waals surface area (Å²) in [6.45, 7) is 0.863. The molecule has 0 fully saturated rings. The maximum atomic E-state index is 11.7. The van der Waals surface area contributed by atoms with Gasteiger partial charge in [0.25, 0.3) is 5.56 Å². The highest BCUT2D eigenvalue weighted by molar-refractivity contribution is 7.89. The molecule has 1 heterocycles. The number of carbonyl (C=O) groups excluding carboxylic acids is 1. The van der Waals surface area contributed by atoms with Crippen LogP contribution in [0.25, 0.3) is 0 Å². The highest BCUT2D eigenvalue weighted by Gasteiger charge is 2.13. The van der Waals surface area contributed by atoms with Crippen LogP contribution in [-0.4, -0.2) is 36.6 Å². The molecule has 9 heteroatoms. The predicted molar refractivity (Wildman–Crippen MR) is 64.2 cm³/mol. The van der Waals surface area contributed by atoms with Gasteiger partial charge < -0.3 is 4.98 Å². The van der Waals surface area contributed by atoms with E-state index < -0.39 is 32.8 Å². The van der Waals surface area contributed by atoms with Gasteiger partial charge in [0.1, 0.15) is 0 Å². The van der Waals surface area contributed by atoms with E-state index in [0.717, 1.165) is 6.20 Å². The average Bonchev–Trinajstić information content (AvgIpc) is 2.28. The highest BCUT2D eigenvalue weighted by Crippen LogP contribution is 1.89. The van der Waals surface area contributed by atoms with Crippen LogP contribution in [0.2, 0.25) is 0 Å². The predicted octanol–water partition coefficient (Wildman–Crippen LogP) is -1.71. The first kappa shape index (κ1) is 14.3. The van der Waals surface area contributed by atoms with Crippen molar-refractivity contribution in [2.24, 2.45) is 0 Å². The van der Waals surface area contributed by atoms with Crippen LogP contribution >= 0.6 is 0 Å². The van der Waals surface area contributed by atoms with E-state index in [1.165, 1.54) is 14.0 Å². The fourth-order valence-corrected chi connectivity index (χ4v) is 1.91. The molecule has 18 heavy (non-hydrogen) atoms. The number of aromatic nitrogens is 2. The lowest BCUT2D eigenvalue weighted by molar-refractivity contribution is 0.101. The van der Waals surface area contributed by atoms with E-state index in [-0.39, 0.29) is 12.1 Å². The van der Waals surface area contributed by atoms with Crippen molar-refractivity contribution in [1.82, 2.24) is 14.3 Å². The largest absolute Gasteiger partial charge is 0.328 e. The molecule has 0 saturated heterocycles. The summed E-state index contributed by atoms with van der Waals surface area (Å²) in [4.78, 5) is 36.5. The minimum Gasteiger partial charge on any atom is -0.313 e. The summed E-state index contributed by atoms with van der Waals surface area (Å²) < 4.78 is 25.2. The Balaban J connectivity index is 3.18. The summed E-state index contributed by atoms with van der Waals surface area (Å²) >= 11 is 0. The third kappa shape index (κ3) is 3.14. The summed E-state index contributed by atoms with van der Waals surface area (Å²) in [5.74, 6) is -0.921. The highest BCUT2D eigenvalue weighted by atomic mass is 32.2. The van der Waals surface area contributed by atoms with E-state index in [0.29, 0.717) is 4.57 Å². The third-order valence-electron chi connectivity index (χ3n) is 2.33. The van der Waals surface area contributed by atoms with Gasteiger partial charge in [-0.3, -0.25) is 14.2 Å². The number of carbonyl (C=O) groups is 1. The fourth-order valence-electron chi connectivity index (χ4n) is 1.28. The molecule has 0 aliphatic carbocycles. The van der Waals surface area contributed by atoms with Crippen LogP contribution in [0.3, 0.4) is 0 Å². The molecule has 1 aromatic rings. The van der Waals surface area contributed by atoms with Crippen molar-refractivity contribution in [2.75, 3.05) is 12.8 Å². The maximum Gasteiger partial charge on any atom is 0.328 e. The molecule has 2 N–H and O–H groups in total. The molecule has 100 valence electrons. The lowest BCUT2D eigenvalue weighted by Crippen LogP contribution is -2.40. The third-order valence-corrected chi connectivity index (χ3v) is 3.68. The van der Waals surface area contributed by atoms with Gasteiger partial charge >= 0.3 is 5.69 Å². The summed E-state index contributed by atoms with van der Waals surface area (Å²) in [6, 6.07) is 0. The summed E-state index contributed by atoms with van der Waals surface area (Å²) in [7, 11) is -2.30. The minimum absolute atomic E-state index is 0.184. The molecule has 0 amide bonds. The smallest absolute Gasteiger partial charge is 0.313 e. The van der Waals surface area contributed by atoms with E-state index in [2.05, 4.69) is 9.71 Å². The lowest BCUT2D eigenvalue weighted by atomic mass is 10.2. The van der Waals surface area contributed by atoms with Crippen LogP contribution in [0.1, 0.15) is 17.3 Å². The number of aromatic amines is 1. The van der Waals surface area contributed by atoms with Gasteiger partial charge in [0.2, 0.25) is 10.0 Å². The number of nitrogens with zero attached hydrogens (tertiary/aromatic N) is 1. The molecular formula is C9H13N3O5S. The van der Waals surface area contributed by atoms with Gasteiger partial charge in [0.05, 0.1) is 11.3 Å². The Labute approximate surface area is 103 Å². The van der Waals surface area contributed by atoms with E-state index in [1.54, 1.807) is 0 Å². The van der Waals surface area contributed by atoms with E-state index >= 15 is 0 Å². The number of hydrogen-bond donors (Lipinski definition) is 2. The Bertz CT molecular complexity index is 670. The molecule has 1 aromatic heterocycles. The monoisotopic (exact) mass is 275 g/mol. The average molecular weight is 275 g/mol. The second kappa shape index (κ2) is 5.27. The SMILES string of the molecule is CNS(=O)(=O)CCn1c(=O)[nH]cc(C(C)=O)c1=O. The molecule has 0 atom stereocenters. The number of hydrogen-bond acceptors (Lipinski definition) is 5. The van der Waals surface area contributed by atoms with Crippen LogP contribution in [0, 0.1) is 0 Å². The van der Waals surface area contributed by atoms with Crippen molar-refractivity contribution in [2.45, 2.75) is 13.5 Å². The Morgan fingerprint density at radius 2 is 2.06 bits per heavy atom. The number of sulfonamides is 1. The molecule has 0 bridgehead atoms. The minimum atomic E-state index is -3.53. The van der Waals surface area contributed by atoms with E-state index in [1.807, 2.05) is 0 Å². The Hall–Kier alpha value is -1.74. The second-order valence-corrected chi connectivity index (χ2v) is 5.59. The molecule has 0 radical (unpaired) electrons. The van der Waals surface area contributed by atoms with Crippen LogP contribution in [0.5, 0.6) is 0 Å². The second-order valence-electron chi connectivity index (χ2n) is 3.54. The van der Waals surface area contributed by atoms with Gasteiger partial charge in [-0.05, 0) is 14.0 Å². The van der Waals surface area contributed by atoms with Gasteiger partial charge in [-0.1, -0.05) is 0 Å². The first-order valence-corrected chi connectivity index (χ1v) is 6.68. The van der Waals surface area contributed by atoms with Crippen LogP contribution in [-0.2, 0) is 16.6 Å². The van der Waals surface area contributed by atoms with Crippen molar-refractivity contribution >= 4 is 15.8 Å². The van der Waals surface area contributed by atoms with Crippen molar-refractivity contribution in [3.63, 3.8) is 0 Å². The molecule has 0 aliphatic rings. The van der Waals surface area contributed by atoms with E-state index in [9.17, 15) is 22.8 Å². The Morgan fingerprint density at radius 3 is 2.56 bits per heavy atom. The van der Waals surface area contributed by atoms with Crippen LogP contribution in [0.4, 0.5) is 0 Å². The number of rotatable bonds is 5. The Kier molecular flexibility index (Phi) is 4.19. The summed E-state index contributed by atoms with van der Waals surface area (Å²) in [6.07, 6.45) is 1.02. The van der Waals surface area contributed by atoms with Gasteiger partial charge in [0.15, 0.2) is 5.78 Å². The number of H-pyrrole nitrogens is 1. The van der Waals surface area contributed by atoms with Crippen LogP contribution in [0.15, 0.2) is 15.8 Å². The first-order chi connectivity index (χ1) is 8.28. The Morgan fingerprint density at radius 1 is 1.44 bits per heavy atom. The number of nitrogens with one attached hydrogen (secondary N) is 2. The van der Waals surface area contributed by atoms with Gasteiger partial charge in [-0.15, -0.1) is 0 Å². The zero-order valence-electron chi connectivity index (χ0n) is 9.89. The molecule has 0 unspecified atom stereocenters. The van der Waals surface area contributed by atoms with Gasteiger partial charge in [-0.25, -0.2) is 17.9 Å². The van der Waals surface area contributed by atoms with Crippen molar-refractivity contribution in [3.8, 4) is 0 Å². The topological polar surface area (TPSA) is 118 Å². The first-order valence-electron chi connectivity index (χ1n) is 5.03. The van der Waals surface area contributed by atoms with Gasteiger partial charge in [-0.2, -0.15) is 0 Å². The molecule has 0 saturated carbocycles. The number of Topliss-reactive ketones (excluding diaryl/α,β-unsaturated/α-hetero) is 1. The van der Waals surface area contributed by atoms with E-state index in [4.69, 9.17) is 0 Å². The lowest BCUT2D eigenvalue weighted by Gasteiger charge is -2.05. The molecule has 0 aliphatic heterocycles. The number of ketones is 1. The fraction of sp³-hybridized carbons (Fsp3) is 0.444. The molecule has 8 nitrogen and oxygen atoms in total. The quantitative estimate of drug-likeness (QED) is 0.620. The van der Waals surface area contributed by atoms with Crippen molar-refractivity contribution < 1.29 is 13.2 Å². The molecule has 0 spiro atoms. The summed E-state index contributed by atoms with van der Waals surface area (Å²) in [5.41, 5.74) is -1.73. The van der Waals surface area contributed by atoms with Crippen molar-refractivity contribution in [3.05, 3.63) is 32.6 Å². The zero-order valence-corrected chi connectivity index (χ0v) is 10.7. The maximum absolute atomic E-state index is 11.7. The molecule has 1 rings (SSSR count). The zero-order chi connectivity index (χ0) is 13.9. The standard InChI is InChI=1S/C9H13N3O5S/c1-6(13)7-5-11-9(15)12(8(7)14)3-4-18(16,17)10-2/h5,10H,3-4H2,1-2H3,(H,11,15). The van der Waals surface area contributed by atoms with Crippen LogP contribution < -0.4 is 16.0 Å². The summed E-state index contributed by atoms with van der Waals surface area (Å²) in [5, 5.41) is 0. The molecule has 0 aromatic carbocycles. The van der Waals surface area contributed by atoms with Crippen molar-refractivity contribution in [1.29, 1.82) is 0 Å². The van der Waals surface area contributed by atoms with Gasteiger partial charge in [0, 0.05) is 12.7 Å². The molecular weight excluding hydrogens is 262 g/mol. The normalized spacial score (nSPS) is 11.4.